The summed E-state index contributed by atoms with van der Waals surface area (Å²) < 4.78 is 0. The Balaban J connectivity index is 0.000000720. The second-order valence-corrected chi connectivity index (χ2v) is 3.56. The van der Waals surface area contributed by atoms with Crippen LogP contribution in [0.2, 0.25) is 0 Å². The molecule has 1 saturated carbocycles. The van der Waals surface area contributed by atoms with E-state index in [1.807, 2.05) is 0 Å². The van der Waals surface area contributed by atoms with Gasteiger partial charge in [0.25, 0.3) is 0 Å². The average Bonchev–Trinajstić information content (AvgIpc) is 2.86. The van der Waals surface area contributed by atoms with Gasteiger partial charge < -0.3 is 5.11 Å². The van der Waals surface area contributed by atoms with Crippen molar-refractivity contribution in [1.29, 1.82) is 0 Å². The summed E-state index contributed by atoms with van der Waals surface area (Å²) >= 11 is 0. The third-order valence-electron chi connectivity index (χ3n) is 2.74. The Labute approximate surface area is 116 Å². The molecular weight excluding hydrogens is 175 g/mol. The molecule has 0 aliphatic heterocycles. The van der Waals surface area contributed by atoms with Crippen LogP contribution in [0.4, 0.5) is 0 Å². The zero-order chi connectivity index (χ0) is 7.73. The molecular formula is C10H13KO. The van der Waals surface area contributed by atoms with E-state index in [4.69, 9.17) is 0 Å². The van der Waals surface area contributed by atoms with Crippen LogP contribution >= 0.6 is 0 Å². The van der Waals surface area contributed by atoms with E-state index in [-0.39, 0.29) is 63.4 Å². The van der Waals surface area contributed by atoms with Gasteiger partial charge in [-0.15, -0.1) is 6.61 Å². The van der Waals surface area contributed by atoms with Crippen LogP contribution in [0, 0.1) is 5.41 Å². The van der Waals surface area contributed by atoms with Crippen LogP contribution in [0.25, 0.3) is 0 Å². The molecule has 0 aromatic rings. The van der Waals surface area contributed by atoms with Crippen molar-refractivity contribution in [3.8, 4) is 0 Å². The van der Waals surface area contributed by atoms with Gasteiger partial charge in [-0.3, -0.25) is 0 Å². The first kappa shape index (κ1) is 11.2. The van der Waals surface area contributed by atoms with Crippen molar-refractivity contribution in [1.82, 2.24) is 0 Å². The van der Waals surface area contributed by atoms with E-state index >= 15 is 0 Å². The summed E-state index contributed by atoms with van der Waals surface area (Å²) in [4.78, 5) is 0. The Morgan fingerprint density at radius 2 is 2.08 bits per heavy atom. The molecule has 60 valence electrons. The molecule has 1 fully saturated rings. The normalized spacial score (nSPS) is 24.2. The van der Waals surface area contributed by atoms with Gasteiger partial charge in [-0.1, -0.05) is 18.2 Å². The van der Waals surface area contributed by atoms with Gasteiger partial charge >= 0.3 is 51.4 Å². The SMILES string of the molecule is [K+].[O-]CC1(C2=CCCC=C2)CC1. The predicted octanol–water partition coefficient (Wildman–Crippen LogP) is -1.59. The van der Waals surface area contributed by atoms with Gasteiger partial charge in [0.15, 0.2) is 0 Å². The summed E-state index contributed by atoms with van der Waals surface area (Å²) in [6, 6.07) is 0. The van der Waals surface area contributed by atoms with Gasteiger partial charge in [0.2, 0.25) is 0 Å². The van der Waals surface area contributed by atoms with Crippen molar-refractivity contribution in [2.75, 3.05) is 6.61 Å². The molecule has 0 saturated heterocycles. The molecule has 0 aromatic carbocycles. The maximum atomic E-state index is 10.8. The maximum absolute atomic E-state index is 10.8. The van der Waals surface area contributed by atoms with Crippen molar-refractivity contribution < 1.29 is 56.5 Å². The third kappa shape index (κ3) is 2.11. The topological polar surface area (TPSA) is 23.1 Å². The quantitative estimate of drug-likeness (QED) is 0.479. The minimum absolute atomic E-state index is 0. The molecule has 2 rings (SSSR count). The maximum Gasteiger partial charge on any atom is 1.00 e. The first-order valence-electron chi connectivity index (χ1n) is 4.33. The van der Waals surface area contributed by atoms with Crippen molar-refractivity contribution in [3.63, 3.8) is 0 Å². The number of hydrogen-bond acceptors (Lipinski definition) is 1. The molecule has 1 nitrogen and oxygen atoms in total. The van der Waals surface area contributed by atoms with E-state index in [1.54, 1.807) is 0 Å². The molecule has 0 N–H and O–H groups in total. The molecule has 0 atom stereocenters. The second-order valence-electron chi connectivity index (χ2n) is 3.56. The summed E-state index contributed by atoms with van der Waals surface area (Å²) in [6.45, 7) is 0.0865. The first-order chi connectivity index (χ1) is 5.37. The smallest absolute Gasteiger partial charge is 0.854 e. The summed E-state index contributed by atoms with van der Waals surface area (Å²) in [7, 11) is 0. The van der Waals surface area contributed by atoms with Gasteiger partial charge in [-0.2, -0.15) is 0 Å². The van der Waals surface area contributed by atoms with Crippen LogP contribution in [0.1, 0.15) is 25.7 Å². The molecule has 0 spiro atoms. The van der Waals surface area contributed by atoms with Gasteiger partial charge in [-0.25, -0.2) is 0 Å². The Morgan fingerprint density at radius 1 is 1.33 bits per heavy atom. The van der Waals surface area contributed by atoms with Crippen LogP contribution in [0.3, 0.4) is 0 Å². The minimum atomic E-state index is 0. The molecule has 2 heteroatoms. The van der Waals surface area contributed by atoms with Crippen molar-refractivity contribution in [3.05, 3.63) is 23.8 Å². The summed E-state index contributed by atoms with van der Waals surface area (Å²) in [5, 5.41) is 10.8. The zero-order valence-electron chi connectivity index (χ0n) is 7.68. The molecule has 2 aliphatic rings. The molecule has 0 radical (unpaired) electrons. The fourth-order valence-corrected chi connectivity index (χ4v) is 1.67. The van der Waals surface area contributed by atoms with Crippen LogP contribution in [0.15, 0.2) is 23.8 Å². The first-order valence-corrected chi connectivity index (χ1v) is 4.33. The Bertz CT molecular complexity index is 214. The minimum Gasteiger partial charge on any atom is -0.854 e. The van der Waals surface area contributed by atoms with Crippen molar-refractivity contribution in [2.24, 2.45) is 5.41 Å². The molecule has 0 heterocycles. The van der Waals surface area contributed by atoms with E-state index in [9.17, 15) is 5.11 Å². The zero-order valence-corrected chi connectivity index (χ0v) is 10.8. The molecule has 0 unspecified atom stereocenters. The fourth-order valence-electron chi connectivity index (χ4n) is 1.67. The van der Waals surface area contributed by atoms with Gasteiger partial charge in [-0.05, 0) is 36.7 Å². The van der Waals surface area contributed by atoms with Crippen molar-refractivity contribution >= 4 is 0 Å². The predicted molar refractivity (Wildman–Crippen MR) is 43.0 cm³/mol. The fraction of sp³-hybridized carbons (Fsp3) is 0.600. The molecule has 12 heavy (non-hydrogen) atoms. The number of hydrogen-bond donors (Lipinski definition) is 0. The van der Waals surface area contributed by atoms with E-state index in [1.165, 1.54) is 5.57 Å². The van der Waals surface area contributed by atoms with Crippen molar-refractivity contribution in [2.45, 2.75) is 25.7 Å². The van der Waals surface area contributed by atoms with E-state index in [0.29, 0.717) is 0 Å². The standard InChI is InChI=1S/C10H13O.K/c11-8-10(6-7-10)9-4-2-1-3-5-9;/h2,4-5H,1,3,6-8H2;/q-1;+1. The molecule has 0 amide bonds. The molecule has 0 aromatic heterocycles. The Morgan fingerprint density at radius 3 is 2.50 bits per heavy atom. The monoisotopic (exact) mass is 188 g/mol. The second kappa shape index (κ2) is 4.53. The Kier molecular flexibility index (Phi) is 4.21. The molecule has 2 aliphatic carbocycles. The summed E-state index contributed by atoms with van der Waals surface area (Å²) in [5.74, 6) is 0. The van der Waals surface area contributed by atoms with Crippen LogP contribution in [-0.4, -0.2) is 6.61 Å². The van der Waals surface area contributed by atoms with E-state index in [0.717, 1.165) is 25.7 Å². The average molecular weight is 188 g/mol. The van der Waals surface area contributed by atoms with Crippen LogP contribution in [0.5, 0.6) is 0 Å². The summed E-state index contributed by atoms with van der Waals surface area (Å²) in [5.41, 5.74) is 1.40. The van der Waals surface area contributed by atoms with Crippen LogP contribution < -0.4 is 56.5 Å². The van der Waals surface area contributed by atoms with Gasteiger partial charge in [0, 0.05) is 0 Å². The molecule has 0 bridgehead atoms. The van der Waals surface area contributed by atoms with Gasteiger partial charge in [0.1, 0.15) is 0 Å². The number of rotatable bonds is 2. The van der Waals surface area contributed by atoms with E-state index < -0.39 is 0 Å². The third-order valence-corrected chi connectivity index (χ3v) is 2.74. The Hall–Kier alpha value is 1.08. The van der Waals surface area contributed by atoms with Gasteiger partial charge in [0.05, 0.1) is 0 Å². The van der Waals surface area contributed by atoms with Crippen LogP contribution in [-0.2, 0) is 0 Å². The summed E-state index contributed by atoms with van der Waals surface area (Å²) in [6.07, 6.45) is 11.1. The largest absolute Gasteiger partial charge is 1.00 e. The van der Waals surface area contributed by atoms with E-state index in [2.05, 4.69) is 18.2 Å². The number of allylic oxidation sites excluding steroid dienone is 3.